The average Bonchev–Trinajstić information content (AvgIpc) is 2.23. The second-order valence-corrected chi connectivity index (χ2v) is 4.84. The molecule has 1 N–H and O–H groups in total. The molecule has 2 nitrogen and oxygen atoms in total. The zero-order valence-corrected chi connectivity index (χ0v) is 10.8. The Morgan fingerprint density at radius 1 is 1.19 bits per heavy atom. The Balaban J connectivity index is 3.71. The lowest BCUT2D eigenvalue weighted by molar-refractivity contribution is -0.323. The fourth-order valence-corrected chi connectivity index (χ4v) is 2.24. The third-order valence-electron chi connectivity index (χ3n) is 2.71. The highest BCUT2D eigenvalue weighted by Gasteiger charge is 2.29. The van der Waals surface area contributed by atoms with Crippen LogP contribution in [-0.2, 0) is 4.74 Å². The summed E-state index contributed by atoms with van der Waals surface area (Å²) < 4.78 is 38.8. The van der Waals surface area contributed by atoms with Gasteiger partial charge in [0.1, 0.15) is 0 Å². The Labute approximate surface area is 99.3 Å². The number of rotatable bonds is 8. The summed E-state index contributed by atoms with van der Waals surface area (Å²) in [5, 5.41) is 3.01. The van der Waals surface area contributed by atoms with Crippen LogP contribution in [-0.4, -0.2) is 37.1 Å². The van der Waals surface area contributed by atoms with E-state index < -0.39 is 6.36 Å². The molecule has 0 amide bonds. The van der Waals surface area contributed by atoms with Crippen molar-refractivity contribution in [2.24, 2.45) is 0 Å². The van der Waals surface area contributed by atoms with Crippen molar-refractivity contribution >= 4 is 11.8 Å². The van der Waals surface area contributed by atoms with Crippen LogP contribution in [0.25, 0.3) is 0 Å². The molecule has 6 heteroatoms. The summed E-state index contributed by atoms with van der Waals surface area (Å²) in [6.07, 6.45) is -0.496. The molecule has 0 aliphatic heterocycles. The zero-order valence-electron chi connectivity index (χ0n) is 9.99. The van der Waals surface area contributed by atoms with Crippen LogP contribution in [0.15, 0.2) is 0 Å². The first-order valence-electron chi connectivity index (χ1n) is 5.35. The first-order chi connectivity index (χ1) is 7.39. The zero-order chi connectivity index (χ0) is 12.7. The quantitative estimate of drug-likeness (QED) is 0.677. The Bertz CT molecular complexity index is 175. The van der Waals surface area contributed by atoms with Crippen molar-refractivity contribution in [2.45, 2.75) is 37.8 Å². The standard InChI is InChI=1S/C10H20F3NOS/c1-4-9(5-2,16-3)8-14-6-7-15-10(11,12)13/h14H,4-8H2,1-3H3. The van der Waals surface area contributed by atoms with Crippen molar-refractivity contribution in [1.82, 2.24) is 5.32 Å². The summed E-state index contributed by atoms with van der Waals surface area (Å²) in [5.74, 6) is 0. The van der Waals surface area contributed by atoms with E-state index in [9.17, 15) is 13.2 Å². The minimum atomic E-state index is -4.52. The van der Waals surface area contributed by atoms with Gasteiger partial charge in [0.2, 0.25) is 0 Å². The molecule has 0 saturated heterocycles. The van der Waals surface area contributed by atoms with Crippen LogP contribution in [0.2, 0.25) is 0 Å². The molecule has 0 aliphatic carbocycles. The van der Waals surface area contributed by atoms with E-state index in [1.54, 1.807) is 11.8 Å². The predicted molar refractivity (Wildman–Crippen MR) is 61.7 cm³/mol. The van der Waals surface area contributed by atoms with Crippen LogP contribution >= 0.6 is 11.8 Å². The maximum atomic E-state index is 11.7. The van der Waals surface area contributed by atoms with E-state index in [2.05, 4.69) is 23.9 Å². The van der Waals surface area contributed by atoms with E-state index in [0.29, 0.717) is 6.54 Å². The maximum absolute atomic E-state index is 11.7. The van der Waals surface area contributed by atoms with E-state index in [1.807, 2.05) is 6.26 Å². The SMILES string of the molecule is CCC(CC)(CNCCOC(F)(F)F)SC. The van der Waals surface area contributed by atoms with Crippen LogP contribution in [0.3, 0.4) is 0 Å². The topological polar surface area (TPSA) is 21.3 Å². The maximum Gasteiger partial charge on any atom is 0.522 e. The lowest BCUT2D eigenvalue weighted by atomic mass is 10.0. The van der Waals surface area contributed by atoms with Gasteiger partial charge >= 0.3 is 6.36 Å². The molecule has 0 unspecified atom stereocenters. The summed E-state index contributed by atoms with van der Waals surface area (Å²) in [6.45, 7) is 4.79. The average molecular weight is 259 g/mol. The molecule has 0 aromatic heterocycles. The molecule has 0 spiro atoms. The molecule has 0 heterocycles. The van der Waals surface area contributed by atoms with Gasteiger partial charge in [-0.15, -0.1) is 13.2 Å². The molecule has 98 valence electrons. The summed E-state index contributed by atoms with van der Waals surface area (Å²) >= 11 is 1.76. The van der Waals surface area contributed by atoms with Crippen molar-refractivity contribution in [2.75, 3.05) is 26.0 Å². The number of alkyl halides is 3. The van der Waals surface area contributed by atoms with Crippen LogP contribution in [0.4, 0.5) is 13.2 Å². The molecule has 0 aromatic carbocycles. The smallest absolute Gasteiger partial charge is 0.313 e. The molecule has 0 rings (SSSR count). The minimum absolute atomic E-state index is 0.123. The number of hydrogen-bond donors (Lipinski definition) is 1. The van der Waals surface area contributed by atoms with E-state index in [0.717, 1.165) is 12.8 Å². The molecular formula is C10H20F3NOS. The van der Waals surface area contributed by atoms with E-state index >= 15 is 0 Å². The number of nitrogens with one attached hydrogen (secondary N) is 1. The Morgan fingerprint density at radius 3 is 2.12 bits per heavy atom. The third-order valence-corrected chi connectivity index (χ3v) is 4.30. The molecule has 0 saturated carbocycles. The summed E-state index contributed by atoms with van der Waals surface area (Å²) in [6, 6.07) is 0. The van der Waals surface area contributed by atoms with Crippen molar-refractivity contribution < 1.29 is 17.9 Å². The Morgan fingerprint density at radius 2 is 1.75 bits per heavy atom. The van der Waals surface area contributed by atoms with Gasteiger partial charge in [-0.1, -0.05) is 13.8 Å². The Hall–Kier alpha value is 0.0600. The first kappa shape index (κ1) is 16.1. The van der Waals surface area contributed by atoms with Gasteiger partial charge < -0.3 is 5.32 Å². The van der Waals surface area contributed by atoms with Crippen LogP contribution in [0.5, 0.6) is 0 Å². The molecular weight excluding hydrogens is 239 g/mol. The van der Waals surface area contributed by atoms with E-state index in [-0.39, 0.29) is 17.9 Å². The van der Waals surface area contributed by atoms with Gasteiger partial charge in [-0.25, -0.2) is 0 Å². The lowest BCUT2D eigenvalue weighted by Crippen LogP contribution is -2.38. The van der Waals surface area contributed by atoms with Gasteiger partial charge in [0.15, 0.2) is 0 Å². The van der Waals surface area contributed by atoms with E-state index in [4.69, 9.17) is 0 Å². The number of hydrogen-bond acceptors (Lipinski definition) is 3. The normalized spacial score (nSPS) is 13.1. The fraction of sp³-hybridized carbons (Fsp3) is 1.00. The second kappa shape index (κ2) is 7.40. The monoisotopic (exact) mass is 259 g/mol. The third kappa shape index (κ3) is 6.60. The highest BCUT2D eigenvalue weighted by atomic mass is 32.2. The molecule has 0 aliphatic rings. The molecule has 0 aromatic rings. The van der Waals surface area contributed by atoms with Crippen molar-refractivity contribution in [3.05, 3.63) is 0 Å². The number of ether oxygens (including phenoxy) is 1. The van der Waals surface area contributed by atoms with Crippen molar-refractivity contribution in [3.63, 3.8) is 0 Å². The second-order valence-electron chi connectivity index (χ2n) is 3.57. The van der Waals surface area contributed by atoms with Crippen molar-refractivity contribution in [1.29, 1.82) is 0 Å². The van der Waals surface area contributed by atoms with E-state index in [1.165, 1.54) is 0 Å². The highest BCUT2D eigenvalue weighted by molar-refractivity contribution is 8.00. The largest absolute Gasteiger partial charge is 0.522 e. The molecule has 0 radical (unpaired) electrons. The number of thioether (sulfide) groups is 1. The summed E-state index contributed by atoms with van der Waals surface area (Å²) in [7, 11) is 0. The molecule has 0 fully saturated rings. The predicted octanol–water partition coefficient (Wildman–Crippen LogP) is 3.03. The van der Waals surface area contributed by atoms with Gasteiger partial charge in [-0.3, -0.25) is 4.74 Å². The van der Waals surface area contributed by atoms with Gasteiger partial charge in [-0.05, 0) is 19.1 Å². The van der Waals surface area contributed by atoms with Gasteiger partial charge in [-0.2, -0.15) is 11.8 Å². The van der Waals surface area contributed by atoms with Crippen molar-refractivity contribution in [3.8, 4) is 0 Å². The summed E-state index contributed by atoms with van der Waals surface area (Å²) in [4.78, 5) is 0. The first-order valence-corrected chi connectivity index (χ1v) is 6.58. The molecule has 0 atom stereocenters. The van der Waals surface area contributed by atoms with Crippen LogP contribution in [0, 0.1) is 0 Å². The van der Waals surface area contributed by atoms with Crippen LogP contribution in [0.1, 0.15) is 26.7 Å². The molecule has 16 heavy (non-hydrogen) atoms. The lowest BCUT2D eigenvalue weighted by Gasteiger charge is -2.30. The number of halogens is 3. The molecule has 0 bridgehead atoms. The highest BCUT2D eigenvalue weighted by Crippen LogP contribution is 2.29. The van der Waals surface area contributed by atoms with Gasteiger partial charge in [0.25, 0.3) is 0 Å². The van der Waals surface area contributed by atoms with Gasteiger partial charge in [0.05, 0.1) is 6.61 Å². The summed E-state index contributed by atoms with van der Waals surface area (Å²) in [5.41, 5.74) is 0. The van der Waals surface area contributed by atoms with Crippen LogP contribution < -0.4 is 5.32 Å². The fourth-order valence-electron chi connectivity index (χ4n) is 1.42. The minimum Gasteiger partial charge on any atom is -0.313 e. The van der Waals surface area contributed by atoms with Gasteiger partial charge in [0, 0.05) is 17.8 Å². The Kier molecular flexibility index (Phi) is 7.43.